The number of hydrogen-bond donors (Lipinski definition) is 2. The minimum atomic E-state index is -4.51. The van der Waals surface area contributed by atoms with Crippen LogP contribution >= 0.6 is 35.6 Å². The van der Waals surface area contributed by atoms with Crippen LogP contribution in [0.15, 0.2) is 35.5 Å². The number of guanidine groups is 1. The van der Waals surface area contributed by atoms with Crippen LogP contribution in [0, 0.1) is 0 Å². The molecule has 0 unspecified atom stereocenters. The Balaban J connectivity index is 0.00000341. The maximum absolute atomic E-state index is 12.6. The Labute approximate surface area is 199 Å². The fourth-order valence-electron chi connectivity index (χ4n) is 2.55. The van der Waals surface area contributed by atoms with Crippen molar-refractivity contribution in [3.63, 3.8) is 0 Å². The predicted octanol–water partition coefficient (Wildman–Crippen LogP) is 4.73. The van der Waals surface area contributed by atoms with E-state index < -0.39 is 11.7 Å². The van der Waals surface area contributed by atoms with E-state index in [-0.39, 0.29) is 47.4 Å². The Bertz CT molecular complexity index is 915. The van der Waals surface area contributed by atoms with Crippen molar-refractivity contribution in [1.29, 1.82) is 0 Å². The van der Waals surface area contributed by atoms with Crippen molar-refractivity contribution < 1.29 is 27.4 Å². The molecule has 3 rings (SSSR count). The molecule has 1 aromatic heterocycles. The van der Waals surface area contributed by atoms with E-state index in [0.29, 0.717) is 49.6 Å². The molecule has 1 aliphatic rings. The number of ether oxygens (including phenoxy) is 3. The van der Waals surface area contributed by atoms with Crippen molar-refractivity contribution in [3.8, 4) is 17.4 Å². The first-order valence-corrected chi connectivity index (χ1v) is 9.53. The molecule has 0 bridgehead atoms. The molecule has 0 amide bonds. The van der Waals surface area contributed by atoms with Crippen LogP contribution in [-0.4, -0.2) is 37.3 Å². The predicted molar refractivity (Wildman–Crippen MR) is 122 cm³/mol. The molecule has 2 heterocycles. The number of hydrogen-bond acceptors (Lipinski definition) is 5. The van der Waals surface area contributed by atoms with Gasteiger partial charge in [0, 0.05) is 37.3 Å². The highest BCUT2D eigenvalue weighted by atomic mass is 127. The molecule has 2 aromatic rings. The monoisotopic (exact) mass is 572 g/mol. The molecule has 0 radical (unpaired) electrons. The first-order chi connectivity index (χ1) is 14.3. The first kappa shape index (κ1) is 25.1. The van der Waals surface area contributed by atoms with E-state index in [1.807, 2.05) is 0 Å². The standard InChI is InChI=1S/C19H20ClF3N4O3.HI/c20-14-9-12(19(21,22)23)11-26-17(14)30-6-1-5-25-18(24)27-13-3-4-15-16(10-13)29-8-2-7-28-15;/h3-4,9-11H,1-2,5-8H2,(H3,24,25,27);1H. The summed E-state index contributed by atoms with van der Waals surface area (Å²) in [6.07, 6.45) is -2.56. The molecular formula is C19H21ClF3IN4O3. The molecule has 0 saturated carbocycles. The number of alkyl halides is 3. The highest BCUT2D eigenvalue weighted by Gasteiger charge is 2.31. The third-order valence-corrected chi connectivity index (χ3v) is 4.25. The summed E-state index contributed by atoms with van der Waals surface area (Å²) in [5.74, 6) is 1.46. The average Bonchev–Trinajstić information content (AvgIpc) is 2.93. The van der Waals surface area contributed by atoms with Crippen LogP contribution in [0.5, 0.6) is 17.4 Å². The van der Waals surface area contributed by atoms with Gasteiger partial charge in [-0.1, -0.05) is 11.6 Å². The number of aromatic nitrogens is 1. The lowest BCUT2D eigenvalue weighted by Crippen LogP contribution is -2.23. The highest BCUT2D eigenvalue weighted by Crippen LogP contribution is 2.33. The summed E-state index contributed by atoms with van der Waals surface area (Å²) in [6.45, 7) is 1.69. The van der Waals surface area contributed by atoms with Gasteiger partial charge in [0.05, 0.1) is 25.4 Å². The third kappa shape index (κ3) is 7.49. The molecule has 3 N–H and O–H groups in total. The van der Waals surface area contributed by atoms with Gasteiger partial charge >= 0.3 is 6.18 Å². The van der Waals surface area contributed by atoms with Crippen LogP contribution < -0.4 is 25.3 Å². The van der Waals surface area contributed by atoms with E-state index in [0.717, 1.165) is 12.5 Å². The van der Waals surface area contributed by atoms with Gasteiger partial charge in [-0.3, -0.25) is 4.99 Å². The van der Waals surface area contributed by atoms with Crippen LogP contribution in [0.1, 0.15) is 18.4 Å². The summed E-state index contributed by atoms with van der Waals surface area (Å²) in [5.41, 5.74) is 5.65. The number of nitrogens with zero attached hydrogens (tertiary/aromatic N) is 2. The van der Waals surface area contributed by atoms with Gasteiger partial charge in [-0.25, -0.2) is 4.98 Å². The van der Waals surface area contributed by atoms with Crippen LogP contribution in [-0.2, 0) is 6.18 Å². The molecule has 0 atom stereocenters. The zero-order valence-corrected chi connectivity index (χ0v) is 19.3. The van der Waals surface area contributed by atoms with E-state index >= 15 is 0 Å². The smallest absolute Gasteiger partial charge is 0.417 e. The van der Waals surface area contributed by atoms with Crippen molar-refractivity contribution in [2.24, 2.45) is 10.7 Å². The number of nitrogens with one attached hydrogen (secondary N) is 1. The Morgan fingerprint density at radius 2 is 1.97 bits per heavy atom. The van der Waals surface area contributed by atoms with E-state index in [2.05, 4.69) is 15.3 Å². The topological polar surface area (TPSA) is 91.0 Å². The maximum Gasteiger partial charge on any atom is 0.417 e. The van der Waals surface area contributed by atoms with Gasteiger partial charge < -0.3 is 25.3 Å². The number of pyridine rings is 1. The van der Waals surface area contributed by atoms with E-state index in [9.17, 15) is 13.2 Å². The van der Waals surface area contributed by atoms with Crippen molar-refractivity contribution in [2.45, 2.75) is 19.0 Å². The number of anilines is 1. The molecule has 170 valence electrons. The fraction of sp³-hybridized carbons (Fsp3) is 0.368. The molecule has 0 fully saturated rings. The highest BCUT2D eigenvalue weighted by molar-refractivity contribution is 14.0. The summed E-state index contributed by atoms with van der Waals surface area (Å²) in [6, 6.07) is 6.16. The summed E-state index contributed by atoms with van der Waals surface area (Å²) in [5, 5.41) is 2.76. The molecule has 7 nitrogen and oxygen atoms in total. The maximum atomic E-state index is 12.6. The van der Waals surface area contributed by atoms with Crippen molar-refractivity contribution in [2.75, 3.05) is 31.7 Å². The number of rotatable bonds is 6. The molecule has 0 spiro atoms. The second-order valence-electron chi connectivity index (χ2n) is 6.31. The van der Waals surface area contributed by atoms with E-state index in [1.165, 1.54) is 0 Å². The van der Waals surface area contributed by atoms with Crippen LogP contribution in [0.4, 0.5) is 18.9 Å². The van der Waals surface area contributed by atoms with Gasteiger partial charge in [0.1, 0.15) is 5.02 Å². The SMILES string of the molecule is I.NC(=NCCCOc1ncc(C(F)(F)F)cc1Cl)Nc1ccc2c(c1)OCCCO2. The average molecular weight is 573 g/mol. The minimum absolute atomic E-state index is 0. The fourth-order valence-corrected chi connectivity index (χ4v) is 2.77. The van der Waals surface area contributed by atoms with Crippen molar-refractivity contribution in [3.05, 3.63) is 41.0 Å². The normalized spacial score (nSPS) is 13.7. The number of aliphatic imine (C=N–C) groups is 1. The van der Waals surface area contributed by atoms with Gasteiger partial charge in [0.15, 0.2) is 17.5 Å². The Kier molecular flexibility index (Phi) is 9.29. The summed E-state index contributed by atoms with van der Waals surface area (Å²) in [7, 11) is 0. The van der Waals surface area contributed by atoms with Gasteiger partial charge in [-0.2, -0.15) is 13.2 Å². The summed E-state index contributed by atoms with van der Waals surface area (Å²) >= 11 is 5.79. The lowest BCUT2D eigenvalue weighted by molar-refractivity contribution is -0.137. The zero-order valence-electron chi connectivity index (χ0n) is 16.2. The number of benzene rings is 1. The molecule has 12 heteroatoms. The van der Waals surface area contributed by atoms with Crippen LogP contribution in [0.3, 0.4) is 0 Å². The second kappa shape index (κ2) is 11.5. The molecule has 1 aliphatic heterocycles. The number of halogens is 5. The van der Waals surface area contributed by atoms with E-state index in [4.69, 9.17) is 31.5 Å². The second-order valence-corrected chi connectivity index (χ2v) is 6.72. The number of nitrogens with two attached hydrogens (primary N) is 1. The lowest BCUT2D eigenvalue weighted by atomic mass is 10.3. The third-order valence-electron chi connectivity index (χ3n) is 3.98. The molecular weight excluding hydrogens is 552 g/mol. The lowest BCUT2D eigenvalue weighted by Gasteiger charge is -2.11. The quantitative estimate of drug-likeness (QED) is 0.225. The summed E-state index contributed by atoms with van der Waals surface area (Å²) < 4.78 is 54.3. The van der Waals surface area contributed by atoms with Crippen LogP contribution in [0.25, 0.3) is 0 Å². The molecule has 31 heavy (non-hydrogen) atoms. The van der Waals surface area contributed by atoms with Gasteiger partial charge in [-0.15, -0.1) is 24.0 Å². The molecule has 0 aliphatic carbocycles. The molecule has 1 aromatic carbocycles. The van der Waals surface area contributed by atoms with Gasteiger partial charge in [0.2, 0.25) is 5.88 Å². The van der Waals surface area contributed by atoms with Gasteiger partial charge in [-0.05, 0) is 18.2 Å². The van der Waals surface area contributed by atoms with Crippen molar-refractivity contribution >= 4 is 47.2 Å². The Hall–Kier alpha value is -2.15. The Morgan fingerprint density at radius 1 is 1.23 bits per heavy atom. The molecule has 0 saturated heterocycles. The zero-order chi connectivity index (χ0) is 21.6. The largest absolute Gasteiger partial charge is 0.490 e. The summed E-state index contributed by atoms with van der Waals surface area (Å²) in [4.78, 5) is 7.79. The number of fused-ring (bicyclic) bond motifs is 1. The van der Waals surface area contributed by atoms with Crippen molar-refractivity contribution in [1.82, 2.24) is 4.98 Å². The minimum Gasteiger partial charge on any atom is -0.490 e. The first-order valence-electron chi connectivity index (χ1n) is 9.15. The Morgan fingerprint density at radius 3 is 2.68 bits per heavy atom. The van der Waals surface area contributed by atoms with Gasteiger partial charge in [0.25, 0.3) is 0 Å². The van der Waals surface area contributed by atoms with Crippen LogP contribution in [0.2, 0.25) is 5.02 Å². The van der Waals surface area contributed by atoms with E-state index in [1.54, 1.807) is 18.2 Å².